The lowest BCUT2D eigenvalue weighted by molar-refractivity contribution is -0.385. The van der Waals surface area contributed by atoms with Crippen molar-refractivity contribution in [1.29, 1.82) is 0 Å². The van der Waals surface area contributed by atoms with Gasteiger partial charge in [0.2, 0.25) is 0 Å². The van der Waals surface area contributed by atoms with Crippen molar-refractivity contribution in [3.05, 3.63) is 63.7 Å². The molecule has 134 valence electrons. The third kappa shape index (κ3) is 2.27. The summed E-state index contributed by atoms with van der Waals surface area (Å²) < 4.78 is 6.41. The van der Waals surface area contributed by atoms with Gasteiger partial charge < -0.3 is 10.1 Å². The average Bonchev–Trinajstić information content (AvgIpc) is 2.59. The number of nitrogens with one attached hydrogen (secondary N) is 1. The van der Waals surface area contributed by atoms with Gasteiger partial charge in [-0.2, -0.15) is 0 Å². The van der Waals surface area contributed by atoms with Crippen molar-refractivity contribution in [2.24, 2.45) is 5.92 Å². The van der Waals surface area contributed by atoms with E-state index in [0.29, 0.717) is 10.9 Å². The van der Waals surface area contributed by atoms with Crippen LogP contribution in [0.15, 0.2) is 42.5 Å². The molecule has 0 radical (unpaired) electrons. The highest BCUT2D eigenvalue weighted by atomic mass is 32.1. The topological polar surface area (TPSA) is 67.6 Å². The van der Waals surface area contributed by atoms with Crippen LogP contribution in [0, 0.1) is 23.0 Å². The van der Waals surface area contributed by atoms with Crippen LogP contribution in [0.4, 0.5) is 11.4 Å². The highest BCUT2D eigenvalue weighted by Gasteiger charge is 2.54. The number of nitro groups is 1. The number of nitrogens with zero attached hydrogens (tertiary/aromatic N) is 2. The molecule has 2 heterocycles. The molecule has 1 fully saturated rings. The molecule has 0 aliphatic carbocycles. The number of para-hydroxylation sites is 1. The Morgan fingerprint density at radius 3 is 2.73 bits per heavy atom. The second-order valence-electron chi connectivity index (χ2n) is 6.97. The largest absolute Gasteiger partial charge is 0.467 e. The lowest BCUT2D eigenvalue weighted by atomic mass is 9.80. The number of nitro benzene ring substituents is 1. The zero-order valence-corrected chi connectivity index (χ0v) is 15.5. The predicted molar refractivity (Wildman–Crippen MR) is 103 cm³/mol. The Kier molecular flexibility index (Phi) is 3.66. The number of thiocarbonyl (C=S) groups is 1. The van der Waals surface area contributed by atoms with Gasteiger partial charge in [0.1, 0.15) is 5.75 Å². The molecule has 1 N–H and O–H groups in total. The van der Waals surface area contributed by atoms with E-state index in [0.717, 1.165) is 16.8 Å². The van der Waals surface area contributed by atoms with E-state index in [1.165, 1.54) is 6.07 Å². The van der Waals surface area contributed by atoms with Gasteiger partial charge in [-0.15, -0.1) is 0 Å². The molecular formula is C19H19N3O3S. The molecule has 1 saturated heterocycles. The van der Waals surface area contributed by atoms with Crippen LogP contribution in [0.25, 0.3) is 0 Å². The van der Waals surface area contributed by atoms with Crippen LogP contribution in [0.1, 0.15) is 31.0 Å². The van der Waals surface area contributed by atoms with Gasteiger partial charge in [0.25, 0.3) is 5.69 Å². The number of non-ortho nitro benzene ring substituents is 1. The first kappa shape index (κ1) is 16.8. The summed E-state index contributed by atoms with van der Waals surface area (Å²) in [6.07, 6.45) is 0. The summed E-state index contributed by atoms with van der Waals surface area (Å²) in [5.74, 6) is 0.665. The zero-order valence-electron chi connectivity index (χ0n) is 14.7. The van der Waals surface area contributed by atoms with Gasteiger partial charge in [0.15, 0.2) is 10.8 Å². The highest BCUT2D eigenvalue weighted by Crippen LogP contribution is 2.50. The molecule has 4 rings (SSSR count). The number of anilines is 1. The van der Waals surface area contributed by atoms with E-state index in [2.05, 4.69) is 12.2 Å². The molecule has 2 aromatic rings. The molecule has 0 spiro atoms. The number of aryl methyl sites for hydroxylation is 1. The number of hydrogen-bond donors (Lipinski definition) is 1. The fourth-order valence-corrected chi connectivity index (χ4v) is 4.30. The lowest BCUT2D eigenvalue weighted by Gasteiger charge is -2.56. The van der Waals surface area contributed by atoms with E-state index in [4.69, 9.17) is 17.0 Å². The molecule has 0 unspecified atom stereocenters. The quantitative estimate of drug-likeness (QED) is 0.489. The monoisotopic (exact) mass is 369 g/mol. The predicted octanol–water partition coefficient (Wildman–Crippen LogP) is 4.08. The smallest absolute Gasteiger partial charge is 0.270 e. The Morgan fingerprint density at radius 1 is 1.31 bits per heavy atom. The van der Waals surface area contributed by atoms with E-state index in [1.807, 2.05) is 43.0 Å². The molecule has 26 heavy (non-hydrogen) atoms. The molecule has 2 bridgehead atoms. The molecule has 7 heteroatoms. The van der Waals surface area contributed by atoms with Crippen molar-refractivity contribution in [3.8, 4) is 5.75 Å². The fraction of sp³-hybridized carbons (Fsp3) is 0.316. The second kappa shape index (κ2) is 5.67. The molecule has 0 aromatic heterocycles. The van der Waals surface area contributed by atoms with Crippen LogP contribution in [0.5, 0.6) is 5.75 Å². The first-order valence-electron chi connectivity index (χ1n) is 8.46. The Balaban J connectivity index is 1.86. The Morgan fingerprint density at radius 2 is 2.04 bits per heavy atom. The molecule has 6 nitrogen and oxygen atoms in total. The molecule has 0 amide bonds. The maximum absolute atomic E-state index is 11.2. The van der Waals surface area contributed by atoms with Crippen molar-refractivity contribution < 1.29 is 9.66 Å². The highest BCUT2D eigenvalue weighted by molar-refractivity contribution is 7.80. The van der Waals surface area contributed by atoms with Gasteiger partial charge in [0, 0.05) is 29.3 Å². The van der Waals surface area contributed by atoms with Crippen molar-refractivity contribution in [1.82, 2.24) is 5.32 Å². The summed E-state index contributed by atoms with van der Waals surface area (Å²) >= 11 is 5.66. The Bertz CT molecular complexity index is 932. The van der Waals surface area contributed by atoms with Crippen LogP contribution >= 0.6 is 12.2 Å². The SMILES string of the molecule is Cc1ccccc1N1C(=S)N[C@H]2c3cc([N+](=O)[O-])ccc3O[C@@]1(C)[C@@H]2C. The lowest BCUT2D eigenvalue weighted by Crippen LogP contribution is -2.69. The van der Waals surface area contributed by atoms with Gasteiger partial charge in [0.05, 0.1) is 11.0 Å². The van der Waals surface area contributed by atoms with E-state index >= 15 is 0 Å². The Hall–Kier alpha value is -2.67. The van der Waals surface area contributed by atoms with Gasteiger partial charge in [-0.1, -0.05) is 25.1 Å². The summed E-state index contributed by atoms with van der Waals surface area (Å²) in [7, 11) is 0. The first-order valence-corrected chi connectivity index (χ1v) is 8.87. The number of hydrogen-bond acceptors (Lipinski definition) is 4. The minimum Gasteiger partial charge on any atom is -0.467 e. The molecular weight excluding hydrogens is 350 g/mol. The fourth-order valence-electron chi connectivity index (χ4n) is 3.89. The van der Waals surface area contributed by atoms with Gasteiger partial charge in [-0.3, -0.25) is 15.0 Å². The summed E-state index contributed by atoms with van der Waals surface area (Å²) in [6.45, 7) is 6.14. The first-order chi connectivity index (χ1) is 12.3. The second-order valence-corrected chi connectivity index (χ2v) is 7.36. The number of fused-ring (bicyclic) bond motifs is 4. The van der Waals surface area contributed by atoms with Gasteiger partial charge in [-0.25, -0.2) is 0 Å². The van der Waals surface area contributed by atoms with Crippen molar-refractivity contribution in [2.75, 3.05) is 4.90 Å². The minimum absolute atomic E-state index is 0.0170. The Labute approximate surface area is 156 Å². The zero-order chi connectivity index (χ0) is 18.6. The standard InChI is InChI=1S/C19H19N3O3S/c1-11-6-4-5-7-15(11)21-18(26)20-17-12(2)19(21,3)25-16-9-8-13(22(23)24)10-14(16)17/h4-10,12,17H,1-3H3,(H,20,26)/t12-,17-,19+/m1/s1. The van der Waals surface area contributed by atoms with E-state index in [9.17, 15) is 10.1 Å². The number of ether oxygens (including phenoxy) is 1. The third-order valence-corrected chi connectivity index (χ3v) is 5.78. The number of rotatable bonds is 2. The summed E-state index contributed by atoms with van der Waals surface area (Å²) in [4.78, 5) is 12.8. The van der Waals surface area contributed by atoms with Crippen LogP contribution in [-0.2, 0) is 0 Å². The van der Waals surface area contributed by atoms with Gasteiger partial charge >= 0.3 is 0 Å². The van der Waals surface area contributed by atoms with E-state index in [-0.39, 0.29) is 22.6 Å². The third-order valence-electron chi connectivity index (χ3n) is 5.48. The minimum atomic E-state index is -0.692. The molecule has 2 aliphatic heterocycles. The molecule has 3 atom stereocenters. The van der Waals surface area contributed by atoms with E-state index in [1.54, 1.807) is 12.1 Å². The normalized spacial score (nSPS) is 26.6. The molecule has 0 saturated carbocycles. The summed E-state index contributed by atoms with van der Waals surface area (Å²) in [5, 5.41) is 15.1. The average molecular weight is 369 g/mol. The van der Waals surface area contributed by atoms with Crippen LogP contribution in [0.2, 0.25) is 0 Å². The van der Waals surface area contributed by atoms with Gasteiger partial charge in [-0.05, 0) is 43.8 Å². The van der Waals surface area contributed by atoms with Crippen molar-refractivity contribution in [3.63, 3.8) is 0 Å². The van der Waals surface area contributed by atoms with Crippen molar-refractivity contribution in [2.45, 2.75) is 32.5 Å². The summed E-state index contributed by atoms with van der Waals surface area (Å²) in [5.41, 5.74) is 2.22. The molecule has 2 aromatic carbocycles. The van der Waals surface area contributed by atoms with Crippen molar-refractivity contribution >= 4 is 28.7 Å². The number of benzene rings is 2. The van der Waals surface area contributed by atoms with Crippen LogP contribution in [-0.4, -0.2) is 15.8 Å². The maximum Gasteiger partial charge on any atom is 0.270 e. The summed E-state index contributed by atoms with van der Waals surface area (Å²) in [6, 6.07) is 12.6. The van der Waals surface area contributed by atoms with Crippen LogP contribution in [0.3, 0.4) is 0 Å². The van der Waals surface area contributed by atoms with E-state index < -0.39 is 5.72 Å². The molecule has 2 aliphatic rings. The van der Waals surface area contributed by atoms with Crippen LogP contribution < -0.4 is 15.0 Å². The maximum atomic E-state index is 11.2.